The summed E-state index contributed by atoms with van der Waals surface area (Å²) < 4.78 is 7.00. The zero-order chi connectivity index (χ0) is 13.4. The number of carboxylic acids is 1. The second kappa shape index (κ2) is 4.29. The number of hydrogen-bond acceptors (Lipinski definition) is 4. The zero-order valence-corrected chi connectivity index (χ0v) is 10.8. The van der Waals surface area contributed by atoms with Crippen molar-refractivity contribution < 1.29 is 14.3 Å². The van der Waals surface area contributed by atoms with E-state index < -0.39 is 5.97 Å². The Bertz CT molecular complexity index is 596. The maximum Gasteiger partial charge on any atom is 0.373 e. The molecule has 0 aromatic carbocycles. The minimum atomic E-state index is -1.10. The van der Waals surface area contributed by atoms with Crippen LogP contribution in [-0.4, -0.2) is 25.8 Å². The molecule has 2 heterocycles. The number of aryl methyl sites for hydroxylation is 2. The van der Waals surface area contributed by atoms with E-state index in [0.717, 1.165) is 5.69 Å². The van der Waals surface area contributed by atoms with Crippen LogP contribution in [0, 0.1) is 6.92 Å². The van der Waals surface area contributed by atoms with Gasteiger partial charge in [-0.1, -0.05) is 13.8 Å². The molecule has 2 aromatic rings. The Morgan fingerprint density at radius 1 is 1.50 bits per heavy atom. The summed E-state index contributed by atoms with van der Waals surface area (Å²) in [6.45, 7) is 5.59. The van der Waals surface area contributed by atoms with Crippen LogP contribution in [0.15, 0.2) is 10.6 Å². The number of aromatic carboxylic acids is 1. The van der Waals surface area contributed by atoms with Crippen LogP contribution in [0.1, 0.15) is 41.7 Å². The molecule has 0 amide bonds. The zero-order valence-electron chi connectivity index (χ0n) is 10.8. The van der Waals surface area contributed by atoms with Gasteiger partial charge in [-0.25, -0.2) is 9.78 Å². The van der Waals surface area contributed by atoms with Gasteiger partial charge >= 0.3 is 5.97 Å². The summed E-state index contributed by atoms with van der Waals surface area (Å²) in [7, 11) is 1.79. The van der Waals surface area contributed by atoms with E-state index in [0.29, 0.717) is 17.1 Å². The Morgan fingerprint density at radius 2 is 2.17 bits per heavy atom. The third-order valence-electron chi connectivity index (χ3n) is 2.64. The monoisotopic (exact) mass is 249 g/mol. The van der Waals surface area contributed by atoms with E-state index in [2.05, 4.69) is 10.1 Å². The molecule has 2 rings (SSSR count). The van der Waals surface area contributed by atoms with E-state index in [1.807, 2.05) is 20.8 Å². The first-order chi connectivity index (χ1) is 8.40. The van der Waals surface area contributed by atoms with Crippen LogP contribution in [0.2, 0.25) is 0 Å². The minimum Gasteiger partial charge on any atom is -0.475 e. The number of aromatic nitrogens is 3. The van der Waals surface area contributed by atoms with Crippen molar-refractivity contribution in [3.63, 3.8) is 0 Å². The van der Waals surface area contributed by atoms with Crippen molar-refractivity contribution in [1.29, 1.82) is 0 Å². The fourth-order valence-corrected chi connectivity index (χ4v) is 1.80. The first kappa shape index (κ1) is 12.3. The predicted octanol–water partition coefficient (Wildman–Crippen LogP) is 2.21. The minimum absolute atomic E-state index is 0.00872. The van der Waals surface area contributed by atoms with Gasteiger partial charge in [-0.2, -0.15) is 5.10 Å². The standard InChI is InChI=1S/C12H15N3O3/c1-6(2)9-10(12(16)17)18-11(13-9)8-5-15(4)14-7(8)3/h5-6H,1-4H3,(H,16,17). The molecule has 0 aliphatic heterocycles. The molecule has 18 heavy (non-hydrogen) atoms. The highest BCUT2D eigenvalue weighted by molar-refractivity contribution is 5.86. The summed E-state index contributed by atoms with van der Waals surface area (Å²) in [5, 5.41) is 13.3. The number of oxazole rings is 1. The number of carboxylic acid groups (broad SMARTS) is 1. The van der Waals surface area contributed by atoms with Gasteiger partial charge in [0.15, 0.2) is 0 Å². The Kier molecular flexibility index (Phi) is 2.94. The second-order valence-electron chi connectivity index (χ2n) is 4.50. The second-order valence-corrected chi connectivity index (χ2v) is 4.50. The lowest BCUT2D eigenvalue weighted by Gasteiger charge is -1.98. The molecule has 0 atom stereocenters. The number of rotatable bonds is 3. The van der Waals surface area contributed by atoms with Crippen LogP contribution in [0.4, 0.5) is 0 Å². The van der Waals surface area contributed by atoms with Crippen LogP contribution in [0.25, 0.3) is 11.5 Å². The normalized spacial score (nSPS) is 11.2. The molecule has 0 radical (unpaired) electrons. The van der Waals surface area contributed by atoms with Gasteiger partial charge in [0.2, 0.25) is 11.7 Å². The lowest BCUT2D eigenvalue weighted by molar-refractivity contribution is 0.0661. The van der Waals surface area contributed by atoms with Gasteiger partial charge in [0.25, 0.3) is 0 Å². The highest BCUT2D eigenvalue weighted by Gasteiger charge is 2.23. The molecule has 0 saturated heterocycles. The van der Waals surface area contributed by atoms with Crippen molar-refractivity contribution in [2.45, 2.75) is 26.7 Å². The molecule has 0 fully saturated rings. The van der Waals surface area contributed by atoms with Crippen molar-refractivity contribution in [2.75, 3.05) is 0 Å². The number of hydrogen-bond donors (Lipinski definition) is 1. The number of nitrogens with zero attached hydrogens (tertiary/aromatic N) is 3. The van der Waals surface area contributed by atoms with Crippen LogP contribution in [-0.2, 0) is 7.05 Å². The molecule has 0 aliphatic rings. The van der Waals surface area contributed by atoms with Crippen molar-refractivity contribution in [1.82, 2.24) is 14.8 Å². The lowest BCUT2D eigenvalue weighted by atomic mass is 10.1. The fourth-order valence-electron chi connectivity index (χ4n) is 1.80. The van der Waals surface area contributed by atoms with E-state index in [4.69, 9.17) is 9.52 Å². The van der Waals surface area contributed by atoms with Gasteiger partial charge < -0.3 is 9.52 Å². The first-order valence-electron chi connectivity index (χ1n) is 5.64. The largest absolute Gasteiger partial charge is 0.475 e. The lowest BCUT2D eigenvalue weighted by Crippen LogP contribution is -2.01. The predicted molar refractivity (Wildman–Crippen MR) is 64.5 cm³/mol. The Labute approximate surface area is 104 Å². The van der Waals surface area contributed by atoms with Gasteiger partial charge in [-0.3, -0.25) is 4.68 Å². The Morgan fingerprint density at radius 3 is 2.56 bits per heavy atom. The first-order valence-corrected chi connectivity index (χ1v) is 5.64. The van der Waals surface area contributed by atoms with E-state index in [1.54, 1.807) is 17.9 Å². The summed E-state index contributed by atoms with van der Waals surface area (Å²) in [4.78, 5) is 15.4. The third-order valence-corrected chi connectivity index (χ3v) is 2.64. The molecule has 1 N–H and O–H groups in total. The number of carbonyl (C=O) groups is 1. The van der Waals surface area contributed by atoms with Crippen LogP contribution in [0.5, 0.6) is 0 Å². The van der Waals surface area contributed by atoms with E-state index in [1.165, 1.54) is 0 Å². The topological polar surface area (TPSA) is 81.2 Å². The molecule has 6 heteroatoms. The maximum absolute atomic E-state index is 11.1. The molecule has 6 nitrogen and oxygen atoms in total. The average molecular weight is 249 g/mol. The molecular formula is C12H15N3O3. The van der Waals surface area contributed by atoms with Gasteiger partial charge in [0.05, 0.1) is 17.0 Å². The van der Waals surface area contributed by atoms with Gasteiger partial charge in [0.1, 0.15) is 0 Å². The SMILES string of the molecule is Cc1nn(C)cc1-c1nc(C(C)C)c(C(=O)O)o1. The highest BCUT2D eigenvalue weighted by atomic mass is 16.4. The van der Waals surface area contributed by atoms with E-state index in [-0.39, 0.29) is 11.7 Å². The quantitative estimate of drug-likeness (QED) is 0.901. The Hall–Kier alpha value is -2.11. The molecule has 0 unspecified atom stereocenters. The average Bonchev–Trinajstić information content (AvgIpc) is 2.81. The van der Waals surface area contributed by atoms with Crippen LogP contribution in [0.3, 0.4) is 0 Å². The van der Waals surface area contributed by atoms with E-state index in [9.17, 15) is 4.79 Å². The van der Waals surface area contributed by atoms with Gasteiger partial charge in [0, 0.05) is 13.2 Å². The molecule has 0 saturated carbocycles. The maximum atomic E-state index is 11.1. The summed E-state index contributed by atoms with van der Waals surface area (Å²) in [5.41, 5.74) is 1.93. The summed E-state index contributed by atoms with van der Waals surface area (Å²) in [5.74, 6) is -0.894. The summed E-state index contributed by atoms with van der Waals surface area (Å²) >= 11 is 0. The smallest absolute Gasteiger partial charge is 0.373 e. The molecule has 96 valence electrons. The highest BCUT2D eigenvalue weighted by Crippen LogP contribution is 2.27. The third kappa shape index (κ3) is 2.01. The van der Waals surface area contributed by atoms with Crippen molar-refractivity contribution in [3.8, 4) is 11.5 Å². The van der Waals surface area contributed by atoms with Crippen LogP contribution < -0.4 is 0 Å². The van der Waals surface area contributed by atoms with Crippen molar-refractivity contribution >= 4 is 5.97 Å². The van der Waals surface area contributed by atoms with E-state index >= 15 is 0 Å². The molecule has 0 bridgehead atoms. The van der Waals surface area contributed by atoms with Crippen molar-refractivity contribution in [3.05, 3.63) is 23.3 Å². The van der Waals surface area contributed by atoms with Gasteiger partial charge in [-0.05, 0) is 12.8 Å². The summed E-state index contributed by atoms with van der Waals surface area (Å²) in [6.07, 6.45) is 1.76. The van der Waals surface area contributed by atoms with Crippen molar-refractivity contribution in [2.24, 2.45) is 7.05 Å². The molecular weight excluding hydrogens is 234 g/mol. The van der Waals surface area contributed by atoms with Gasteiger partial charge in [-0.15, -0.1) is 0 Å². The molecule has 0 aliphatic carbocycles. The summed E-state index contributed by atoms with van der Waals surface area (Å²) in [6, 6.07) is 0. The fraction of sp³-hybridized carbons (Fsp3) is 0.417. The Balaban J connectivity index is 2.56. The molecule has 2 aromatic heterocycles. The van der Waals surface area contributed by atoms with Crippen LogP contribution >= 0.6 is 0 Å². The molecule has 0 spiro atoms.